The molecule has 0 aliphatic carbocycles. The monoisotopic (exact) mass is 232 g/mol. The predicted octanol–water partition coefficient (Wildman–Crippen LogP) is 2.39. The van der Waals surface area contributed by atoms with Crippen LogP contribution in [-0.2, 0) is 0 Å². The van der Waals surface area contributed by atoms with E-state index in [1.165, 1.54) is 0 Å². The molecule has 0 radical (unpaired) electrons. The molecule has 4 heteroatoms. The van der Waals surface area contributed by atoms with Crippen LogP contribution in [0.3, 0.4) is 0 Å². The van der Waals surface area contributed by atoms with Gasteiger partial charge in [-0.2, -0.15) is 0 Å². The van der Waals surface area contributed by atoms with E-state index >= 15 is 0 Å². The van der Waals surface area contributed by atoms with Gasteiger partial charge in [0.15, 0.2) is 0 Å². The van der Waals surface area contributed by atoms with Gasteiger partial charge < -0.3 is 5.73 Å². The van der Waals surface area contributed by atoms with Crippen LogP contribution in [0.5, 0.6) is 0 Å². The van der Waals surface area contributed by atoms with E-state index < -0.39 is 0 Å². The van der Waals surface area contributed by atoms with Crippen molar-refractivity contribution in [3.8, 4) is 0 Å². The molecule has 2 nitrogen and oxygen atoms in total. The van der Waals surface area contributed by atoms with E-state index in [0.29, 0.717) is 10.6 Å². The summed E-state index contributed by atoms with van der Waals surface area (Å²) in [6, 6.07) is 5.14. The van der Waals surface area contributed by atoms with Crippen LogP contribution in [0.2, 0.25) is 5.02 Å². The summed E-state index contributed by atoms with van der Waals surface area (Å²) >= 11 is 8.94. The van der Waals surface area contributed by atoms with Gasteiger partial charge in [-0.15, -0.1) is 0 Å². The molecule has 0 aliphatic heterocycles. The summed E-state index contributed by atoms with van der Waals surface area (Å²) in [6.45, 7) is 0. The Balaban J connectivity index is 3.23. The number of nitrogen functional groups attached to an aromatic ring is 1. The highest BCUT2D eigenvalue weighted by Gasteiger charge is 2.02. The molecular formula is C7H6BrClN2. The van der Waals surface area contributed by atoms with Gasteiger partial charge in [0.05, 0.1) is 0 Å². The Morgan fingerprint density at radius 1 is 1.55 bits per heavy atom. The molecule has 0 aromatic heterocycles. The third-order valence-corrected chi connectivity index (χ3v) is 2.15. The van der Waals surface area contributed by atoms with Crippen LogP contribution in [0, 0.1) is 5.41 Å². The van der Waals surface area contributed by atoms with Gasteiger partial charge >= 0.3 is 0 Å². The summed E-state index contributed by atoms with van der Waals surface area (Å²) in [5.74, 6) is 0.0133. The number of amidine groups is 1. The molecule has 1 aromatic rings. The lowest BCUT2D eigenvalue weighted by molar-refractivity contribution is 1.41. The number of halogens is 2. The fourth-order valence-electron chi connectivity index (χ4n) is 0.704. The normalized spacial score (nSPS) is 9.64. The highest BCUT2D eigenvalue weighted by molar-refractivity contribution is 9.10. The largest absolute Gasteiger partial charge is 0.384 e. The van der Waals surface area contributed by atoms with Gasteiger partial charge in [-0.05, 0) is 18.2 Å². The molecule has 0 saturated carbocycles. The number of hydrogen-bond acceptors (Lipinski definition) is 1. The summed E-state index contributed by atoms with van der Waals surface area (Å²) in [7, 11) is 0. The van der Waals surface area contributed by atoms with E-state index in [1.54, 1.807) is 18.2 Å². The fourth-order valence-corrected chi connectivity index (χ4v) is 1.34. The Morgan fingerprint density at radius 3 is 2.64 bits per heavy atom. The maximum atomic E-state index is 7.16. The van der Waals surface area contributed by atoms with E-state index in [1.807, 2.05) is 0 Å². The van der Waals surface area contributed by atoms with E-state index in [-0.39, 0.29) is 5.84 Å². The SMILES string of the molecule is N=C(N)c1cc(Cl)ccc1Br. The van der Waals surface area contributed by atoms with Crippen molar-refractivity contribution in [3.63, 3.8) is 0 Å². The van der Waals surface area contributed by atoms with E-state index in [4.69, 9.17) is 22.7 Å². The smallest absolute Gasteiger partial charge is 0.123 e. The first kappa shape index (κ1) is 8.56. The van der Waals surface area contributed by atoms with Gasteiger partial charge in [0.2, 0.25) is 0 Å². The third-order valence-electron chi connectivity index (χ3n) is 1.22. The van der Waals surface area contributed by atoms with Gasteiger partial charge in [0.1, 0.15) is 5.84 Å². The molecule has 0 fully saturated rings. The van der Waals surface area contributed by atoms with Gasteiger partial charge in [-0.1, -0.05) is 27.5 Å². The molecule has 0 spiro atoms. The second-order valence-corrected chi connectivity index (χ2v) is 3.33. The minimum Gasteiger partial charge on any atom is -0.384 e. The Hall–Kier alpha value is -0.540. The summed E-state index contributed by atoms with van der Waals surface area (Å²) in [5, 5.41) is 7.74. The Kier molecular flexibility index (Phi) is 2.52. The molecule has 0 saturated heterocycles. The first-order valence-corrected chi connectivity index (χ1v) is 4.08. The zero-order chi connectivity index (χ0) is 8.43. The van der Waals surface area contributed by atoms with Crippen LogP contribution >= 0.6 is 27.5 Å². The molecule has 58 valence electrons. The van der Waals surface area contributed by atoms with Crippen molar-refractivity contribution in [2.24, 2.45) is 5.73 Å². The van der Waals surface area contributed by atoms with Crippen LogP contribution in [0.4, 0.5) is 0 Å². The first-order valence-electron chi connectivity index (χ1n) is 2.90. The van der Waals surface area contributed by atoms with Crippen molar-refractivity contribution in [2.45, 2.75) is 0 Å². The Bertz CT molecular complexity index is 298. The summed E-state index contributed by atoms with van der Waals surface area (Å²) in [5.41, 5.74) is 5.90. The summed E-state index contributed by atoms with van der Waals surface area (Å²) in [6.07, 6.45) is 0. The molecule has 1 aromatic carbocycles. The number of benzene rings is 1. The summed E-state index contributed by atoms with van der Waals surface area (Å²) in [4.78, 5) is 0. The average Bonchev–Trinajstić information content (AvgIpc) is 1.94. The molecule has 11 heavy (non-hydrogen) atoms. The van der Waals surface area contributed by atoms with Crippen LogP contribution in [0.1, 0.15) is 5.56 Å². The number of rotatable bonds is 1. The quantitative estimate of drug-likeness (QED) is 0.568. The molecule has 0 aliphatic rings. The third kappa shape index (κ3) is 1.94. The van der Waals surface area contributed by atoms with E-state index in [0.717, 1.165) is 4.47 Å². The standard InChI is InChI=1S/C7H6BrClN2/c8-6-2-1-4(9)3-5(6)7(10)11/h1-3H,(H3,10,11). The van der Waals surface area contributed by atoms with E-state index in [9.17, 15) is 0 Å². The van der Waals surface area contributed by atoms with Gasteiger partial charge in [-0.3, -0.25) is 5.41 Å². The lowest BCUT2D eigenvalue weighted by Gasteiger charge is -2.01. The average molecular weight is 233 g/mol. The molecule has 3 N–H and O–H groups in total. The first-order chi connectivity index (χ1) is 5.11. The molecule has 0 atom stereocenters. The van der Waals surface area contributed by atoms with Crippen molar-refractivity contribution in [1.29, 1.82) is 5.41 Å². The van der Waals surface area contributed by atoms with Gasteiger partial charge in [0, 0.05) is 15.1 Å². The molecular weight excluding hydrogens is 227 g/mol. The number of nitrogens with one attached hydrogen (secondary N) is 1. The Morgan fingerprint density at radius 2 is 2.18 bits per heavy atom. The van der Waals surface area contributed by atoms with Crippen LogP contribution in [0.15, 0.2) is 22.7 Å². The van der Waals surface area contributed by atoms with Crippen LogP contribution in [-0.4, -0.2) is 5.84 Å². The van der Waals surface area contributed by atoms with Crippen molar-refractivity contribution in [1.82, 2.24) is 0 Å². The van der Waals surface area contributed by atoms with E-state index in [2.05, 4.69) is 15.9 Å². The minimum atomic E-state index is 0.0133. The number of nitrogens with two attached hydrogens (primary N) is 1. The van der Waals surface area contributed by atoms with Crippen molar-refractivity contribution in [2.75, 3.05) is 0 Å². The molecule has 1 rings (SSSR count). The molecule has 0 bridgehead atoms. The highest BCUT2D eigenvalue weighted by atomic mass is 79.9. The second kappa shape index (κ2) is 3.24. The lowest BCUT2D eigenvalue weighted by atomic mass is 10.2. The molecule has 0 amide bonds. The predicted molar refractivity (Wildman–Crippen MR) is 50.2 cm³/mol. The maximum Gasteiger partial charge on any atom is 0.123 e. The van der Waals surface area contributed by atoms with Crippen molar-refractivity contribution < 1.29 is 0 Å². The zero-order valence-corrected chi connectivity index (χ0v) is 7.91. The number of hydrogen-bond donors (Lipinski definition) is 2. The van der Waals surface area contributed by atoms with Crippen molar-refractivity contribution in [3.05, 3.63) is 33.3 Å². The van der Waals surface area contributed by atoms with Crippen LogP contribution < -0.4 is 5.73 Å². The molecule has 0 unspecified atom stereocenters. The van der Waals surface area contributed by atoms with Crippen molar-refractivity contribution >= 4 is 33.4 Å². The topological polar surface area (TPSA) is 49.9 Å². The van der Waals surface area contributed by atoms with Crippen LogP contribution in [0.25, 0.3) is 0 Å². The van der Waals surface area contributed by atoms with Gasteiger partial charge in [0.25, 0.3) is 0 Å². The summed E-state index contributed by atoms with van der Waals surface area (Å²) < 4.78 is 0.786. The lowest BCUT2D eigenvalue weighted by Crippen LogP contribution is -2.11. The Labute approximate surface area is 78.0 Å². The fraction of sp³-hybridized carbons (Fsp3) is 0. The second-order valence-electron chi connectivity index (χ2n) is 2.04. The zero-order valence-electron chi connectivity index (χ0n) is 5.57. The minimum absolute atomic E-state index is 0.0133. The molecule has 0 heterocycles. The highest BCUT2D eigenvalue weighted by Crippen LogP contribution is 2.20. The maximum absolute atomic E-state index is 7.16. The van der Waals surface area contributed by atoms with Gasteiger partial charge in [-0.25, -0.2) is 0 Å².